The first-order valence-electron chi connectivity index (χ1n) is 10.5. The molecule has 2 aromatic rings. The van der Waals surface area contributed by atoms with Gasteiger partial charge >= 0.3 is 0 Å². The van der Waals surface area contributed by atoms with Gasteiger partial charge in [-0.1, -0.05) is 24.3 Å². The molecule has 1 N–H and O–H groups in total. The maximum Gasteiger partial charge on any atom is 0.239 e. The average molecular weight is 490 g/mol. The summed E-state index contributed by atoms with van der Waals surface area (Å²) in [6.45, 7) is 3.41. The average Bonchev–Trinajstić information content (AvgIpc) is 3.16. The van der Waals surface area contributed by atoms with Gasteiger partial charge in [0, 0.05) is 30.7 Å². The van der Waals surface area contributed by atoms with Crippen LogP contribution in [-0.2, 0) is 14.3 Å². The predicted octanol–water partition coefficient (Wildman–Crippen LogP) is 3.13. The smallest absolute Gasteiger partial charge is 0.239 e. The summed E-state index contributed by atoms with van der Waals surface area (Å²) in [5.41, 5.74) is 1.57. The van der Waals surface area contributed by atoms with E-state index in [-0.39, 0.29) is 23.7 Å². The number of amides is 2. The normalized spacial score (nSPS) is 20.6. The molecule has 2 atom stereocenters. The lowest BCUT2D eigenvalue weighted by Gasteiger charge is -2.35. The number of ether oxygens (including phenoxy) is 1. The largest absolute Gasteiger partial charge is 0.379 e. The Morgan fingerprint density at radius 2 is 1.94 bits per heavy atom. The van der Waals surface area contributed by atoms with Crippen LogP contribution < -0.4 is 10.2 Å². The van der Waals surface area contributed by atoms with Crippen LogP contribution in [0.3, 0.4) is 0 Å². The summed E-state index contributed by atoms with van der Waals surface area (Å²) >= 11 is 3.48. The molecular formula is C23H25BrFN3O3. The van der Waals surface area contributed by atoms with Crippen molar-refractivity contribution in [3.8, 4) is 0 Å². The molecule has 4 rings (SSSR count). The summed E-state index contributed by atoms with van der Waals surface area (Å²) in [6, 6.07) is 13.8. The molecule has 6 nitrogen and oxygen atoms in total. The van der Waals surface area contributed by atoms with Crippen molar-refractivity contribution < 1.29 is 18.7 Å². The van der Waals surface area contributed by atoms with Gasteiger partial charge in [0.1, 0.15) is 11.7 Å². The Labute approximate surface area is 189 Å². The molecule has 0 spiro atoms. The SMILES string of the molecule is O=C(NCC(c1cccc(F)c1)N1CCOCC1)C1CCN(c2ccccc2Br)C1=O. The molecule has 0 saturated carbocycles. The maximum atomic E-state index is 13.8. The molecule has 31 heavy (non-hydrogen) atoms. The van der Waals surface area contributed by atoms with Crippen molar-refractivity contribution in [3.63, 3.8) is 0 Å². The van der Waals surface area contributed by atoms with Crippen LogP contribution in [0.15, 0.2) is 53.0 Å². The zero-order valence-electron chi connectivity index (χ0n) is 17.1. The molecule has 0 radical (unpaired) electrons. The standard InChI is InChI=1S/C23H25BrFN3O3/c24-19-6-1-2-7-20(19)28-9-8-18(23(28)30)22(29)26-15-21(27-10-12-31-13-11-27)16-4-3-5-17(25)14-16/h1-7,14,18,21H,8-13,15H2,(H,26,29). The molecule has 8 heteroatoms. The van der Waals surface area contributed by atoms with E-state index >= 15 is 0 Å². The summed E-state index contributed by atoms with van der Waals surface area (Å²) in [5.74, 6) is -1.51. The molecule has 2 aromatic carbocycles. The Hall–Kier alpha value is -2.29. The van der Waals surface area contributed by atoms with E-state index in [1.807, 2.05) is 30.3 Å². The van der Waals surface area contributed by atoms with Crippen molar-refractivity contribution in [1.82, 2.24) is 10.2 Å². The van der Waals surface area contributed by atoms with E-state index in [0.29, 0.717) is 45.8 Å². The van der Waals surface area contributed by atoms with Crippen LogP contribution in [0.4, 0.5) is 10.1 Å². The first kappa shape index (κ1) is 21.9. The van der Waals surface area contributed by atoms with Crippen LogP contribution in [0.1, 0.15) is 18.0 Å². The molecule has 2 aliphatic heterocycles. The number of hydrogen-bond donors (Lipinski definition) is 1. The molecule has 2 fully saturated rings. The topological polar surface area (TPSA) is 61.9 Å². The molecule has 0 aliphatic carbocycles. The van der Waals surface area contributed by atoms with E-state index in [2.05, 4.69) is 26.1 Å². The highest BCUT2D eigenvalue weighted by Gasteiger charge is 2.38. The van der Waals surface area contributed by atoms with Gasteiger partial charge < -0.3 is 15.0 Å². The van der Waals surface area contributed by atoms with Crippen LogP contribution in [0.25, 0.3) is 0 Å². The van der Waals surface area contributed by atoms with Gasteiger partial charge in [-0.25, -0.2) is 4.39 Å². The number of nitrogens with one attached hydrogen (secondary N) is 1. The monoisotopic (exact) mass is 489 g/mol. The van der Waals surface area contributed by atoms with Crippen LogP contribution >= 0.6 is 15.9 Å². The van der Waals surface area contributed by atoms with Gasteiger partial charge in [0.05, 0.1) is 24.9 Å². The molecule has 2 unspecified atom stereocenters. The summed E-state index contributed by atoms with van der Waals surface area (Å²) in [4.78, 5) is 29.7. The van der Waals surface area contributed by atoms with E-state index < -0.39 is 5.92 Å². The fourth-order valence-corrected chi connectivity index (χ4v) is 4.71. The second-order valence-corrected chi connectivity index (χ2v) is 8.60. The summed E-state index contributed by atoms with van der Waals surface area (Å²) in [6.07, 6.45) is 0.466. The van der Waals surface area contributed by atoms with Gasteiger partial charge in [0.25, 0.3) is 0 Å². The van der Waals surface area contributed by atoms with Crippen LogP contribution in [0.5, 0.6) is 0 Å². The molecule has 0 aromatic heterocycles. The van der Waals surface area contributed by atoms with Crippen molar-refractivity contribution in [2.24, 2.45) is 5.92 Å². The van der Waals surface area contributed by atoms with Crippen molar-refractivity contribution >= 4 is 33.4 Å². The zero-order valence-corrected chi connectivity index (χ0v) is 18.7. The molecule has 2 aliphatic rings. The van der Waals surface area contributed by atoms with E-state index in [1.165, 1.54) is 12.1 Å². The molecule has 0 bridgehead atoms. The first-order valence-corrected chi connectivity index (χ1v) is 11.2. The number of halogens is 2. The number of para-hydroxylation sites is 1. The predicted molar refractivity (Wildman–Crippen MR) is 119 cm³/mol. The van der Waals surface area contributed by atoms with Crippen LogP contribution in [-0.4, -0.2) is 56.1 Å². The number of rotatable bonds is 6. The maximum absolute atomic E-state index is 13.8. The van der Waals surface area contributed by atoms with Crippen LogP contribution in [0.2, 0.25) is 0 Å². The first-order chi connectivity index (χ1) is 15.0. The van der Waals surface area contributed by atoms with Gasteiger partial charge in [0.2, 0.25) is 11.8 Å². The van der Waals surface area contributed by atoms with Crippen molar-refractivity contribution in [2.75, 3.05) is 44.3 Å². The van der Waals surface area contributed by atoms with Gasteiger partial charge in [-0.2, -0.15) is 0 Å². The van der Waals surface area contributed by atoms with Crippen molar-refractivity contribution in [2.45, 2.75) is 12.5 Å². The highest BCUT2D eigenvalue weighted by atomic mass is 79.9. The van der Waals surface area contributed by atoms with E-state index in [0.717, 1.165) is 15.7 Å². The molecule has 2 saturated heterocycles. The minimum atomic E-state index is -0.718. The highest BCUT2D eigenvalue weighted by molar-refractivity contribution is 9.10. The number of nitrogens with zero attached hydrogens (tertiary/aromatic N) is 2. The number of carbonyl (C=O) groups excluding carboxylic acids is 2. The lowest BCUT2D eigenvalue weighted by Crippen LogP contribution is -2.45. The van der Waals surface area contributed by atoms with Crippen LogP contribution in [0, 0.1) is 11.7 Å². The summed E-state index contributed by atoms with van der Waals surface area (Å²) < 4.78 is 20.1. The molecule has 2 amide bonds. The number of anilines is 1. The molecule has 2 heterocycles. The number of carbonyl (C=O) groups is 2. The lowest BCUT2D eigenvalue weighted by atomic mass is 10.0. The Morgan fingerprint density at radius 1 is 1.16 bits per heavy atom. The third kappa shape index (κ3) is 4.97. The van der Waals surface area contributed by atoms with E-state index in [9.17, 15) is 14.0 Å². The molecule has 164 valence electrons. The van der Waals surface area contributed by atoms with E-state index in [1.54, 1.807) is 11.0 Å². The lowest BCUT2D eigenvalue weighted by molar-refractivity contribution is -0.132. The third-order valence-corrected chi connectivity index (χ3v) is 6.53. The second kappa shape index (κ2) is 9.89. The zero-order chi connectivity index (χ0) is 21.8. The Balaban J connectivity index is 1.44. The third-order valence-electron chi connectivity index (χ3n) is 5.85. The second-order valence-electron chi connectivity index (χ2n) is 7.75. The minimum absolute atomic E-state index is 0.181. The quantitative estimate of drug-likeness (QED) is 0.633. The highest BCUT2D eigenvalue weighted by Crippen LogP contribution is 2.31. The minimum Gasteiger partial charge on any atom is -0.379 e. The number of morpholine rings is 1. The molecular weight excluding hydrogens is 465 g/mol. The number of hydrogen-bond acceptors (Lipinski definition) is 4. The Morgan fingerprint density at radius 3 is 2.68 bits per heavy atom. The fraction of sp³-hybridized carbons (Fsp3) is 0.391. The van der Waals surface area contributed by atoms with E-state index in [4.69, 9.17) is 4.74 Å². The Bertz CT molecular complexity index is 951. The van der Waals surface area contributed by atoms with Gasteiger partial charge in [-0.05, 0) is 52.2 Å². The van der Waals surface area contributed by atoms with Gasteiger partial charge in [0.15, 0.2) is 0 Å². The van der Waals surface area contributed by atoms with Crippen molar-refractivity contribution in [3.05, 3.63) is 64.4 Å². The summed E-state index contributed by atoms with van der Waals surface area (Å²) in [7, 11) is 0. The van der Waals surface area contributed by atoms with Crippen molar-refractivity contribution in [1.29, 1.82) is 0 Å². The van der Waals surface area contributed by atoms with Gasteiger partial charge in [-0.3, -0.25) is 14.5 Å². The number of benzene rings is 2. The fourth-order valence-electron chi connectivity index (χ4n) is 4.21. The van der Waals surface area contributed by atoms with Gasteiger partial charge in [-0.15, -0.1) is 0 Å². The Kier molecular flexibility index (Phi) is 6.99. The summed E-state index contributed by atoms with van der Waals surface area (Å²) in [5, 5.41) is 2.95.